The molecule has 0 aromatic heterocycles. The number of hydrogen-bond donors (Lipinski definition) is 0. The summed E-state index contributed by atoms with van der Waals surface area (Å²) in [7, 11) is 1.68. The zero-order valence-electron chi connectivity index (χ0n) is 7.56. The van der Waals surface area contributed by atoms with E-state index in [-0.39, 0.29) is 0 Å². The summed E-state index contributed by atoms with van der Waals surface area (Å²) in [6, 6.07) is 3.79. The average Bonchev–Trinajstić information content (AvgIpc) is 2.51. The summed E-state index contributed by atoms with van der Waals surface area (Å²) < 4.78 is 5.26. The van der Waals surface area contributed by atoms with Gasteiger partial charge in [-0.3, -0.25) is 0 Å². The van der Waals surface area contributed by atoms with E-state index in [0.717, 1.165) is 34.8 Å². The van der Waals surface area contributed by atoms with Crippen molar-refractivity contribution in [2.24, 2.45) is 0 Å². The van der Waals surface area contributed by atoms with E-state index in [9.17, 15) is 0 Å². The first-order chi connectivity index (χ1) is 6.24. The second-order valence-electron chi connectivity index (χ2n) is 3.21. The minimum Gasteiger partial charge on any atom is -0.496 e. The van der Waals surface area contributed by atoms with Crippen molar-refractivity contribution >= 4 is 17.2 Å². The van der Waals surface area contributed by atoms with Gasteiger partial charge in [0.2, 0.25) is 0 Å². The van der Waals surface area contributed by atoms with Crippen LogP contribution in [0.3, 0.4) is 0 Å². The van der Waals surface area contributed by atoms with Gasteiger partial charge in [0.25, 0.3) is 0 Å². The smallest absolute Gasteiger partial charge is 0.126 e. The Morgan fingerprint density at radius 1 is 1.38 bits per heavy atom. The lowest BCUT2D eigenvalue weighted by Gasteiger charge is -2.08. The summed E-state index contributed by atoms with van der Waals surface area (Å²) in [5.74, 6) is 0.891. The molecule has 0 fully saturated rings. The number of methoxy groups -OCH3 is 1. The van der Waals surface area contributed by atoms with E-state index in [1.165, 1.54) is 5.56 Å². The predicted molar refractivity (Wildman–Crippen MR) is 55.4 cm³/mol. The van der Waals surface area contributed by atoms with Gasteiger partial charge in [-0.25, -0.2) is 0 Å². The number of fused-ring (bicyclic) bond motifs is 1. The maximum Gasteiger partial charge on any atom is 0.126 e. The summed E-state index contributed by atoms with van der Waals surface area (Å²) >= 11 is 6.07. The highest BCUT2D eigenvalue weighted by Crippen LogP contribution is 2.41. The van der Waals surface area contributed by atoms with Crippen LogP contribution in [0.2, 0.25) is 5.02 Å². The maximum absolute atomic E-state index is 6.07. The summed E-state index contributed by atoms with van der Waals surface area (Å²) in [5, 5.41) is 0.828. The van der Waals surface area contributed by atoms with Crippen molar-refractivity contribution in [1.29, 1.82) is 0 Å². The fourth-order valence-electron chi connectivity index (χ4n) is 1.80. The summed E-state index contributed by atoms with van der Waals surface area (Å²) in [4.78, 5) is 0. The molecule has 2 heteroatoms. The van der Waals surface area contributed by atoms with Crippen LogP contribution in [0.1, 0.15) is 17.5 Å². The van der Waals surface area contributed by atoms with Crippen LogP contribution in [0, 0.1) is 0 Å². The van der Waals surface area contributed by atoms with Crippen molar-refractivity contribution in [2.75, 3.05) is 7.11 Å². The Morgan fingerprint density at radius 3 is 2.85 bits per heavy atom. The number of benzene rings is 1. The fraction of sp³-hybridized carbons (Fsp3) is 0.273. The monoisotopic (exact) mass is 194 g/mol. The van der Waals surface area contributed by atoms with Crippen molar-refractivity contribution in [1.82, 2.24) is 0 Å². The van der Waals surface area contributed by atoms with Crippen molar-refractivity contribution in [3.05, 3.63) is 34.9 Å². The molecular weight excluding hydrogens is 184 g/mol. The van der Waals surface area contributed by atoms with Crippen LogP contribution in [-0.4, -0.2) is 7.11 Å². The van der Waals surface area contributed by atoms with E-state index in [4.69, 9.17) is 16.3 Å². The van der Waals surface area contributed by atoms with Gasteiger partial charge in [-0.2, -0.15) is 0 Å². The number of rotatable bonds is 1. The lowest BCUT2D eigenvalue weighted by atomic mass is 10.1. The van der Waals surface area contributed by atoms with Crippen molar-refractivity contribution in [3.63, 3.8) is 0 Å². The van der Waals surface area contributed by atoms with Crippen LogP contribution in [0.15, 0.2) is 18.7 Å². The number of allylic oxidation sites excluding steroid dienone is 1. The average molecular weight is 195 g/mol. The maximum atomic E-state index is 6.07. The molecule has 2 rings (SSSR count). The molecule has 1 nitrogen and oxygen atoms in total. The lowest BCUT2D eigenvalue weighted by molar-refractivity contribution is 0.413. The molecule has 0 unspecified atom stereocenters. The largest absolute Gasteiger partial charge is 0.496 e. The van der Waals surface area contributed by atoms with Crippen LogP contribution in [0.25, 0.3) is 5.57 Å². The second kappa shape index (κ2) is 3.08. The second-order valence-corrected chi connectivity index (χ2v) is 3.61. The Morgan fingerprint density at radius 2 is 2.15 bits per heavy atom. The van der Waals surface area contributed by atoms with E-state index in [1.54, 1.807) is 7.11 Å². The third kappa shape index (κ3) is 1.24. The Labute approximate surface area is 83.0 Å². The molecule has 0 amide bonds. The normalized spacial score (nSPS) is 14.5. The van der Waals surface area contributed by atoms with Crippen LogP contribution in [0.5, 0.6) is 5.75 Å². The molecule has 0 aliphatic heterocycles. The highest BCUT2D eigenvalue weighted by molar-refractivity contribution is 6.31. The molecule has 1 aromatic carbocycles. The zero-order chi connectivity index (χ0) is 9.42. The summed E-state index contributed by atoms with van der Waals surface area (Å²) in [6.45, 7) is 4.01. The van der Waals surface area contributed by atoms with E-state index < -0.39 is 0 Å². The molecule has 1 aromatic rings. The number of hydrogen-bond acceptors (Lipinski definition) is 1. The molecule has 0 saturated carbocycles. The predicted octanol–water partition coefficient (Wildman–Crippen LogP) is 3.31. The van der Waals surface area contributed by atoms with E-state index in [1.807, 2.05) is 12.1 Å². The van der Waals surface area contributed by atoms with Crippen LogP contribution >= 0.6 is 11.6 Å². The first-order valence-electron chi connectivity index (χ1n) is 4.27. The van der Waals surface area contributed by atoms with Gasteiger partial charge in [-0.05, 0) is 36.1 Å². The van der Waals surface area contributed by atoms with Crippen molar-refractivity contribution < 1.29 is 4.74 Å². The zero-order valence-corrected chi connectivity index (χ0v) is 8.32. The molecule has 0 bridgehead atoms. The quantitative estimate of drug-likeness (QED) is 0.667. The molecule has 1 aliphatic rings. The minimum atomic E-state index is 0.828. The van der Waals surface area contributed by atoms with Gasteiger partial charge >= 0.3 is 0 Å². The molecule has 0 radical (unpaired) electrons. The van der Waals surface area contributed by atoms with Gasteiger partial charge in [-0.15, -0.1) is 0 Å². The van der Waals surface area contributed by atoms with E-state index in [0.29, 0.717) is 0 Å². The summed E-state index contributed by atoms with van der Waals surface area (Å²) in [6.07, 6.45) is 1.99. The molecular formula is C11H11ClO. The molecule has 0 heterocycles. The van der Waals surface area contributed by atoms with E-state index in [2.05, 4.69) is 6.58 Å². The summed E-state index contributed by atoms with van der Waals surface area (Å²) in [5.41, 5.74) is 3.44. The number of ether oxygens (including phenoxy) is 1. The third-order valence-corrected chi connectivity index (χ3v) is 2.82. The number of halogens is 1. The Bertz CT molecular complexity index is 369. The van der Waals surface area contributed by atoms with Gasteiger partial charge in [-0.1, -0.05) is 18.2 Å². The van der Waals surface area contributed by atoms with Crippen LogP contribution in [0.4, 0.5) is 0 Å². The first kappa shape index (κ1) is 8.64. The van der Waals surface area contributed by atoms with Crippen LogP contribution in [-0.2, 0) is 6.42 Å². The highest BCUT2D eigenvalue weighted by Gasteiger charge is 2.21. The molecule has 0 saturated heterocycles. The molecule has 0 N–H and O–H groups in total. The van der Waals surface area contributed by atoms with Gasteiger partial charge < -0.3 is 4.74 Å². The fourth-order valence-corrected chi connectivity index (χ4v) is 2.06. The lowest BCUT2D eigenvalue weighted by Crippen LogP contribution is -1.90. The third-order valence-electron chi connectivity index (χ3n) is 2.47. The first-order valence-corrected chi connectivity index (χ1v) is 4.65. The highest BCUT2D eigenvalue weighted by atomic mass is 35.5. The minimum absolute atomic E-state index is 0.828. The van der Waals surface area contributed by atoms with Gasteiger partial charge in [0.15, 0.2) is 0 Å². The van der Waals surface area contributed by atoms with Gasteiger partial charge in [0.1, 0.15) is 5.75 Å². The molecule has 68 valence electrons. The molecule has 1 aliphatic carbocycles. The standard InChI is InChI=1S/C11H11ClO/c1-7-3-4-8-9(12)5-6-10(13-2)11(7)8/h5-6H,1,3-4H2,2H3. The van der Waals surface area contributed by atoms with Gasteiger partial charge in [0, 0.05) is 10.6 Å². The Kier molecular flexibility index (Phi) is 2.04. The topological polar surface area (TPSA) is 9.23 Å². The molecule has 0 atom stereocenters. The van der Waals surface area contributed by atoms with Crippen molar-refractivity contribution in [2.45, 2.75) is 12.8 Å². The SMILES string of the molecule is C=C1CCc2c(Cl)ccc(OC)c21. The van der Waals surface area contributed by atoms with Crippen LogP contribution < -0.4 is 4.74 Å². The molecule has 0 spiro atoms. The van der Waals surface area contributed by atoms with Crippen molar-refractivity contribution in [3.8, 4) is 5.75 Å². The van der Waals surface area contributed by atoms with E-state index >= 15 is 0 Å². The van der Waals surface area contributed by atoms with Gasteiger partial charge in [0.05, 0.1) is 7.11 Å². The Hall–Kier alpha value is -0.950. The molecule has 13 heavy (non-hydrogen) atoms. The Balaban J connectivity index is 2.66.